The Morgan fingerprint density at radius 1 is 0.853 bits per heavy atom. The largest absolute Gasteiger partial charge is 0.507 e. The number of phenols is 3. The van der Waals surface area contributed by atoms with E-state index < -0.39 is 5.56 Å². The molecule has 0 radical (unpaired) electrons. The Hall–Kier alpha value is -3.60. The molecular formula is C29H33NO4. The third-order valence-electron chi connectivity index (χ3n) is 5.96. The third kappa shape index (κ3) is 6.04. The second kappa shape index (κ2) is 11.0. The van der Waals surface area contributed by atoms with Crippen molar-refractivity contribution < 1.29 is 15.3 Å². The van der Waals surface area contributed by atoms with Crippen molar-refractivity contribution in [1.29, 1.82) is 0 Å². The molecule has 5 nitrogen and oxygen atoms in total. The summed E-state index contributed by atoms with van der Waals surface area (Å²) < 4.78 is 0. The maximum atomic E-state index is 12.2. The smallest absolute Gasteiger partial charge is 0.271 e. The van der Waals surface area contributed by atoms with Crippen molar-refractivity contribution in [2.75, 3.05) is 0 Å². The van der Waals surface area contributed by atoms with Gasteiger partial charge in [-0.05, 0) is 71.9 Å². The zero-order chi connectivity index (χ0) is 24.8. The van der Waals surface area contributed by atoms with Gasteiger partial charge in [0, 0.05) is 27.8 Å². The Balaban J connectivity index is 1.86. The van der Waals surface area contributed by atoms with Gasteiger partial charge >= 0.3 is 0 Å². The molecule has 0 saturated carbocycles. The van der Waals surface area contributed by atoms with E-state index in [1.165, 1.54) is 34.9 Å². The summed E-state index contributed by atoms with van der Waals surface area (Å²) in [5, 5.41) is 32.8. The second-order valence-electron chi connectivity index (χ2n) is 9.12. The molecular weight excluding hydrogens is 426 g/mol. The summed E-state index contributed by atoms with van der Waals surface area (Å²) >= 11 is 0. The highest BCUT2D eigenvalue weighted by Gasteiger charge is 2.15. The predicted molar refractivity (Wildman–Crippen MR) is 140 cm³/mol. The first-order chi connectivity index (χ1) is 16.2. The Morgan fingerprint density at radius 2 is 1.53 bits per heavy atom. The highest BCUT2D eigenvalue weighted by Crippen LogP contribution is 2.39. The van der Waals surface area contributed by atoms with Gasteiger partial charge < -0.3 is 15.3 Å². The van der Waals surface area contributed by atoms with Gasteiger partial charge in [0.2, 0.25) is 0 Å². The number of hydrogen-bond acceptors (Lipinski definition) is 5. The fourth-order valence-corrected chi connectivity index (χ4v) is 4.04. The molecule has 3 aromatic rings. The number of aromatic hydroxyl groups is 3. The van der Waals surface area contributed by atoms with Crippen LogP contribution in [-0.2, 0) is 6.42 Å². The Labute approximate surface area is 200 Å². The molecule has 1 aromatic heterocycles. The maximum absolute atomic E-state index is 12.2. The number of allylic oxidation sites excluding steroid dienone is 6. The van der Waals surface area contributed by atoms with Crippen molar-refractivity contribution in [3.05, 3.63) is 81.2 Å². The Morgan fingerprint density at radius 3 is 2.24 bits per heavy atom. The first-order valence-corrected chi connectivity index (χ1v) is 11.6. The molecule has 3 rings (SSSR count). The number of hydrogen-bond donors (Lipinski definition) is 3. The van der Waals surface area contributed by atoms with Crippen LogP contribution in [0, 0.1) is 0 Å². The van der Waals surface area contributed by atoms with Crippen molar-refractivity contribution in [2.24, 2.45) is 0 Å². The number of para-hydroxylation sites is 1. The standard InChI is InChI=1S/C29H33NO4/c1-18(2)8-5-9-19(3)10-6-11-20(4)14-15-21-16-25(32)23-17-26(33)30-28-22(27(23)29(21)34)12-7-13-24(28)31/h7-8,10,12-14,16-17,31-32,34H,5-6,9,11,15H2,1-4H3. The van der Waals surface area contributed by atoms with Crippen LogP contribution in [0.3, 0.4) is 0 Å². The molecule has 0 unspecified atom stereocenters. The van der Waals surface area contributed by atoms with E-state index >= 15 is 0 Å². The molecule has 0 bridgehead atoms. The molecule has 0 atom stereocenters. The number of phenolic OH excluding ortho intramolecular Hbond substituents is 3. The van der Waals surface area contributed by atoms with Crippen LogP contribution >= 0.6 is 0 Å². The SMILES string of the molecule is CC(C)=CCCC(C)=CCCC(C)=CCc1cc(O)c2cc(=O)nc3c(O)cccc3c2c1O. The van der Waals surface area contributed by atoms with Gasteiger partial charge in [-0.25, -0.2) is 4.98 Å². The molecule has 178 valence electrons. The first kappa shape index (κ1) is 25.0. The lowest BCUT2D eigenvalue weighted by atomic mass is 9.99. The predicted octanol–water partition coefficient (Wildman–Crippen LogP) is 6.83. The second-order valence-corrected chi connectivity index (χ2v) is 9.12. The monoisotopic (exact) mass is 459 g/mol. The summed E-state index contributed by atoms with van der Waals surface area (Å²) in [6.07, 6.45) is 11.0. The number of aromatic nitrogens is 1. The summed E-state index contributed by atoms with van der Waals surface area (Å²) in [5.41, 5.74) is 3.95. The van der Waals surface area contributed by atoms with Gasteiger partial charge in [-0.1, -0.05) is 47.1 Å². The average molecular weight is 460 g/mol. The number of fused-ring (bicyclic) bond motifs is 3. The normalized spacial score (nSPS) is 12.4. The minimum atomic E-state index is -0.608. The number of rotatable bonds is 8. The van der Waals surface area contributed by atoms with E-state index in [-0.39, 0.29) is 28.2 Å². The molecule has 1 heterocycles. The van der Waals surface area contributed by atoms with Crippen LogP contribution in [0.2, 0.25) is 0 Å². The lowest BCUT2D eigenvalue weighted by Gasteiger charge is -2.09. The molecule has 0 spiro atoms. The number of nitrogens with zero attached hydrogens (tertiary/aromatic N) is 1. The van der Waals surface area contributed by atoms with E-state index in [1.807, 2.05) is 6.08 Å². The molecule has 0 aliphatic carbocycles. The van der Waals surface area contributed by atoms with Crippen LogP contribution in [0.5, 0.6) is 17.2 Å². The lowest BCUT2D eigenvalue weighted by Crippen LogP contribution is -1.98. The highest BCUT2D eigenvalue weighted by atomic mass is 16.3. The van der Waals surface area contributed by atoms with Crippen molar-refractivity contribution in [3.8, 4) is 17.2 Å². The summed E-state index contributed by atoms with van der Waals surface area (Å²) in [4.78, 5) is 16.1. The fraction of sp³-hybridized carbons (Fsp3) is 0.310. The first-order valence-electron chi connectivity index (χ1n) is 11.6. The van der Waals surface area contributed by atoms with Gasteiger partial charge in [-0.3, -0.25) is 4.79 Å². The van der Waals surface area contributed by atoms with Crippen LogP contribution in [0.15, 0.2) is 70.1 Å². The van der Waals surface area contributed by atoms with Gasteiger partial charge in [-0.2, -0.15) is 0 Å². The molecule has 0 saturated heterocycles. The van der Waals surface area contributed by atoms with Crippen LogP contribution in [0.25, 0.3) is 21.7 Å². The van der Waals surface area contributed by atoms with E-state index in [1.54, 1.807) is 12.1 Å². The Bertz CT molecular complexity index is 1360. The molecule has 0 aliphatic rings. The van der Waals surface area contributed by atoms with Gasteiger partial charge in [0.1, 0.15) is 22.8 Å². The van der Waals surface area contributed by atoms with Gasteiger partial charge in [0.05, 0.1) is 0 Å². The van der Waals surface area contributed by atoms with Crippen molar-refractivity contribution in [2.45, 2.75) is 59.8 Å². The molecule has 0 amide bonds. The average Bonchev–Trinajstić information content (AvgIpc) is 2.92. The van der Waals surface area contributed by atoms with E-state index in [0.29, 0.717) is 22.8 Å². The summed E-state index contributed by atoms with van der Waals surface area (Å²) in [7, 11) is 0. The minimum Gasteiger partial charge on any atom is -0.507 e. The molecule has 5 heteroatoms. The van der Waals surface area contributed by atoms with Gasteiger partial charge in [-0.15, -0.1) is 0 Å². The van der Waals surface area contributed by atoms with E-state index in [0.717, 1.165) is 25.7 Å². The maximum Gasteiger partial charge on any atom is 0.271 e. The zero-order valence-electron chi connectivity index (χ0n) is 20.4. The van der Waals surface area contributed by atoms with Crippen molar-refractivity contribution >= 4 is 21.7 Å². The molecule has 0 fully saturated rings. The summed E-state index contributed by atoms with van der Waals surface area (Å²) in [6.45, 7) is 8.46. The van der Waals surface area contributed by atoms with Crippen LogP contribution in [0.1, 0.15) is 58.9 Å². The van der Waals surface area contributed by atoms with Crippen molar-refractivity contribution in [3.63, 3.8) is 0 Å². The number of benzene rings is 2. The van der Waals surface area contributed by atoms with Gasteiger partial charge in [0.15, 0.2) is 0 Å². The van der Waals surface area contributed by atoms with Crippen molar-refractivity contribution in [1.82, 2.24) is 4.98 Å². The molecule has 2 aromatic carbocycles. The minimum absolute atomic E-state index is 0.0279. The third-order valence-corrected chi connectivity index (χ3v) is 5.96. The quantitative estimate of drug-likeness (QED) is 0.254. The highest BCUT2D eigenvalue weighted by molar-refractivity contribution is 6.11. The molecule has 3 N–H and O–H groups in total. The topological polar surface area (TPSA) is 90.7 Å². The lowest BCUT2D eigenvalue weighted by molar-refractivity contribution is 0.465. The zero-order valence-corrected chi connectivity index (χ0v) is 20.4. The van der Waals surface area contributed by atoms with E-state index in [2.05, 4.69) is 44.8 Å². The molecule has 0 aliphatic heterocycles. The van der Waals surface area contributed by atoms with Crippen LogP contribution < -0.4 is 5.56 Å². The van der Waals surface area contributed by atoms with Crippen LogP contribution in [0.4, 0.5) is 0 Å². The van der Waals surface area contributed by atoms with E-state index in [4.69, 9.17) is 0 Å². The molecule has 34 heavy (non-hydrogen) atoms. The van der Waals surface area contributed by atoms with Crippen LogP contribution in [-0.4, -0.2) is 20.3 Å². The summed E-state index contributed by atoms with van der Waals surface area (Å²) in [6, 6.07) is 7.39. The Kier molecular flexibility index (Phi) is 8.11. The van der Waals surface area contributed by atoms with E-state index in [9.17, 15) is 20.1 Å². The van der Waals surface area contributed by atoms with Gasteiger partial charge in [0.25, 0.3) is 5.56 Å². The fourth-order valence-electron chi connectivity index (χ4n) is 4.04. The summed E-state index contributed by atoms with van der Waals surface area (Å²) in [5.74, 6) is -0.292.